The summed E-state index contributed by atoms with van der Waals surface area (Å²) >= 11 is 0. The smallest absolute Gasteiger partial charge is 0.237 e. The molecule has 0 bridgehead atoms. The molecular formula is C12H26N2O2. The summed E-state index contributed by atoms with van der Waals surface area (Å²) in [5.74, 6) is 0.0651. The van der Waals surface area contributed by atoms with Crippen molar-refractivity contribution in [1.29, 1.82) is 0 Å². The Bertz CT molecular complexity index is 180. The van der Waals surface area contributed by atoms with Crippen LogP contribution in [-0.4, -0.2) is 48.2 Å². The summed E-state index contributed by atoms with van der Waals surface area (Å²) < 4.78 is 0. The van der Waals surface area contributed by atoms with E-state index in [9.17, 15) is 4.79 Å². The number of unbranched alkanes of at least 4 members (excludes halogenated alkanes) is 1. The molecular weight excluding hydrogens is 204 g/mol. The number of rotatable bonds is 9. The monoisotopic (exact) mass is 230 g/mol. The number of hydrogen-bond donors (Lipinski definition) is 2. The molecule has 0 spiro atoms. The first-order chi connectivity index (χ1) is 7.67. The van der Waals surface area contributed by atoms with Crippen LogP contribution in [0.5, 0.6) is 0 Å². The van der Waals surface area contributed by atoms with Gasteiger partial charge in [0.15, 0.2) is 0 Å². The number of aliphatic hydroxyl groups excluding tert-OH is 1. The maximum Gasteiger partial charge on any atom is 0.237 e. The molecule has 0 saturated carbocycles. The Kier molecular flexibility index (Phi) is 9.24. The topological polar surface area (TPSA) is 52.6 Å². The Labute approximate surface area is 99.0 Å². The van der Waals surface area contributed by atoms with Crippen molar-refractivity contribution in [3.05, 3.63) is 0 Å². The maximum atomic E-state index is 11.8. The zero-order chi connectivity index (χ0) is 12.4. The molecule has 0 aliphatic heterocycles. The molecule has 1 atom stereocenters. The van der Waals surface area contributed by atoms with E-state index in [-0.39, 0.29) is 18.6 Å². The van der Waals surface area contributed by atoms with Crippen molar-refractivity contribution in [2.24, 2.45) is 0 Å². The number of nitrogens with one attached hydrogen (secondary N) is 1. The van der Waals surface area contributed by atoms with E-state index < -0.39 is 0 Å². The fraction of sp³-hybridized carbons (Fsp3) is 0.917. The predicted octanol–water partition coefficient (Wildman–Crippen LogP) is 0.995. The van der Waals surface area contributed by atoms with Gasteiger partial charge in [-0.1, -0.05) is 20.3 Å². The lowest BCUT2D eigenvalue weighted by atomic mass is 10.2. The second-order valence-electron chi connectivity index (χ2n) is 4.08. The molecule has 16 heavy (non-hydrogen) atoms. The molecule has 1 amide bonds. The first-order valence-electron chi connectivity index (χ1n) is 6.29. The van der Waals surface area contributed by atoms with Crippen molar-refractivity contribution >= 4 is 5.91 Å². The molecule has 0 aromatic carbocycles. The van der Waals surface area contributed by atoms with E-state index in [2.05, 4.69) is 19.2 Å². The fourth-order valence-electron chi connectivity index (χ4n) is 1.62. The van der Waals surface area contributed by atoms with Gasteiger partial charge in [-0.15, -0.1) is 0 Å². The van der Waals surface area contributed by atoms with E-state index in [0.717, 1.165) is 32.4 Å². The lowest BCUT2D eigenvalue weighted by molar-refractivity contribution is -0.126. The molecule has 4 nitrogen and oxygen atoms in total. The molecule has 0 aromatic rings. The average molecular weight is 230 g/mol. The molecule has 0 radical (unpaired) electrons. The van der Waals surface area contributed by atoms with Crippen LogP contribution >= 0.6 is 0 Å². The van der Waals surface area contributed by atoms with Gasteiger partial charge >= 0.3 is 0 Å². The van der Waals surface area contributed by atoms with Crippen molar-refractivity contribution in [2.75, 3.05) is 26.2 Å². The van der Waals surface area contributed by atoms with Crippen LogP contribution in [0.15, 0.2) is 0 Å². The maximum absolute atomic E-state index is 11.8. The summed E-state index contributed by atoms with van der Waals surface area (Å²) in [7, 11) is 0. The molecule has 0 fully saturated rings. The highest BCUT2D eigenvalue weighted by molar-refractivity contribution is 5.81. The minimum absolute atomic E-state index is 0.0651. The molecule has 0 aromatic heterocycles. The van der Waals surface area contributed by atoms with Crippen LogP contribution in [-0.2, 0) is 4.79 Å². The van der Waals surface area contributed by atoms with Gasteiger partial charge in [-0.05, 0) is 26.3 Å². The SMILES string of the molecule is CCCCNC(=O)C(C)N(CCC)CCO. The molecule has 0 aliphatic carbocycles. The third kappa shape index (κ3) is 6.08. The van der Waals surface area contributed by atoms with Gasteiger partial charge in [0.1, 0.15) is 0 Å². The largest absolute Gasteiger partial charge is 0.395 e. The van der Waals surface area contributed by atoms with Crippen LogP contribution < -0.4 is 5.32 Å². The standard InChI is InChI=1S/C12H26N2O2/c1-4-6-7-13-12(16)11(3)14(8-5-2)9-10-15/h11,15H,4-10H2,1-3H3,(H,13,16). The van der Waals surface area contributed by atoms with Crippen molar-refractivity contribution in [3.8, 4) is 0 Å². The van der Waals surface area contributed by atoms with Crippen molar-refractivity contribution < 1.29 is 9.90 Å². The van der Waals surface area contributed by atoms with Crippen LogP contribution in [0.4, 0.5) is 0 Å². The highest BCUT2D eigenvalue weighted by atomic mass is 16.3. The summed E-state index contributed by atoms with van der Waals surface area (Å²) in [6.45, 7) is 8.34. The van der Waals surface area contributed by atoms with E-state index in [0.29, 0.717) is 6.54 Å². The van der Waals surface area contributed by atoms with E-state index in [1.807, 2.05) is 11.8 Å². The Balaban J connectivity index is 4.03. The van der Waals surface area contributed by atoms with Gasteiger partial charge in [0.2, 0.25) is 5.91 Å². The zero-order valence-corrected chi connectivity index (χ0v) is 10.8. The Morgan fingerprint density at radius 3 is 2.50 bits per heavy atom. The number of aliphatic hydroxyl groups is 1. The molecule has 96 valence electrons. The van der Waals surface area contributed by atoms with Crippen LogP contribution in [0.25, 0.3) is 0 Å². The third-order valence-electron chi connectivity index (χ3n) is 2.65. The predicted molar refractivity (Wildman–Crippen MR) is 66.3 cm³/mol. The quantitative estimate of drug-likeness (QED) is 0.581. The van der Waals surface area contributed by atoms with Crippen LogP contribution in [0.1, 0.15) is 40.0 Å². The summed E-state index contributed by atoms with van der Waals surface area (Å²) in [5, 5.41) is 11.9. The third-order valence-corrected chi connectivity index (χ3v) is 2.65. The average Bonchev–Trinajstić information content (AvgIpc) is 2.28. The van der Waals surface area contributed by atoms with Gasteiger partial charge in [0.05, 0.1) is 12.6 Å². The van der Waals surface area contributed by atoms with E-state index >= 15 is 0 Å². The van der Waals surface area contributed by atoms with E-state index in [1.165, 1.54) is 0 Å². The molecule has 2 N–H and O–H groups in total. The van der Waals surface area contributed by atoms with Gasteiger partial charge in [-0.2, -0.15) is 0 Å². The highest BCUT2D eigenvalue weighted by Gasteiger charge is 2.19. The van der Waals surface area contributed by atoms with Gasteiger partial charge in [0, 0.05) is 13.1 Å². The molecule has 0 aliphatic rings. The summed E-state index contributed by atoms with van der Waals surface area (Å²) in [6.07, 6.45) is 3.10. The van der Waals surface area contributed by atoms with Crippen LogP contribution in [0.2, 0.25) is 0 Å². The molecule has 0 rings (SSSR count). The van der Waals surface area contributed by atoms with Crippen molar-refractivity contribution in [1.82, 2.24) is 10.2 Å². The Morgan fingerprint density at radius 1 is 1.31 bits per heavy atom. The lowest BCUT2D eigenvalue weighted by Crippen LogP contribution is -2.46. The van der Waals surface area contributed by atoms with E-state index in [4.69, 9.17) is 5.11 Å². The number of carbonyl (C=O) groups excluding carboxylic acids is 1. The Morgan fingerprint density at radius 2 is 2.00 bits per heavy atom. The molecule has 0 heterocycles. The molecule has 4 heteroatoms. The fourth-order valence-corrected chi connectivity index (χ4v) is 1.62. The van der Waals surface area contributed by atoms with Crippen molar-refractivity contribution in [3.63, 3.8) is 0 Å². The first-order valence-corrected chi connectivity index (χ1v) is 6.29. The lowest BCUT2D eigenvalue weighted by Gasteiger charge is -2.27. The minimum Gasteiger partial charge on any atom is -0.395 e. The minimum atomic E-state index is -0.149. The van der Waals surface area contributed by atoms with E-state index in [1.54, 1.807) is 0 Å². The van der Waals surface area contributed by atoms with Gasteiger partial charge in [-0.25, -0.2) is 0 Å². The van der Waals surface area contributed by atoms with Gasteiger partial charge in [0.25, 0.3) is 0 Å². The summed E-state index contributed by atoms with van der Waals surface area (Å²) in [5.41, 5.74) is 0. The highest BCUT2D eigenvalue weighted by Crippen LogP contribution is 2.00. The number of nitrogens with zero attached hydrogens (tertiary/aromatic N) is 1. The van der Waals surface area contributed by atoms with Crippen LogP contribution in [0, 0.1) is 0 Å². The summed E-state index contributed by atoms with van der Waals surface area (Å²) in [6, 6.07) is -0.149. The molecule has 0 saturated heterocycles. The van der Waals surface area contributed by atoms with Crippen LogP contribution in [0.3, 0.4) is 0 Å². The Hall–Kier alpha value is -0.610. The normalized spacial score (nSPS) is 12.8. The first kappa shape index (κ1) is 15.4. The zero-order valence-electron chi connectivity index (χ0n) is 10.8. The van der Waals surface area contributed by atoms with Crippen molar-refractivity contribution in [2.45, 2.75) is 46.1 Å². The second kappa shape index (κ2) is 9.60. The number of hydrogen-bond acceptors (Lipinski definition) is 3. The number of carbonyl (C=O) groups is 1. The second-order valence-corrected chi connectivity index (χ2v) is 4.08. The molecule has 1 unspecified atom stereocenters. The van der Waals surface area contributed by atoms with Gasteiger partial charge in [-0.3, -0.25) is 9.69 Å². The number of amides is 1. The summed E-state index contributed by atoms with van der Waals surface area (Å²) in [4.78, 5) is 13.8. The van der Waals surface area contributed by atoms with Gasteiger partial charge < -0.3 is 10.4 Å².